The Balaban J connectivity index is 1.96. The summed E-state index contributed by atoms with van der Waals surface area (Å²) in [7, 11) is 0. The van der Waals surface area contributed by atoms with E-state index in [9.17, 15) is 9.90 Å². The van der Waals surface area contributed by atoms with E-state index >= 15 is 0 Å². The number of thioether (sulfide) groups is 1. The van der Waals surface area contributed by atoms with Crippen LogP contribution in [0.4, 0.5) is 5.69 Å². The Morgan fingerprint density at radius 2 is 1.80 bits per heavy atom. The summed E-state index contributed by atoms with van der Waals surface area (Å²) in [6.07, 6.45) is 1.86. The second-order valence-corrected chi connectivity index (χ2v) is 6.90. The van der Waals surface area contributed by atoms with Gasteiger partial charge < -0.3 is 5.11 Å². The number of aliphatic imine (C=N–C) groups is 1. The van der Waals surface area contributed by atoms with Crippen LogP contribution >= 0.6 is 11.8 Å². The molecule has 1 aliphatic rings. The highest BCUT2D eigenvalue weighted by Crippen LogP contribution is 2.34. The molecule has 0 atom stereocenters. The fourth-order valence-electron chi connectivity index (χ4n) is 2.71. The lowest BCUT2D eigenvalue weighted by Crippen LogP contribution is -2.28. The first-order valence-corrected chi connectivity index (χ1v) is 8.96. The van der Waals surface area contributed by atoms with E-state index in [4.69, 9.17) is 0 Å². The van der Waals surface area contributed by atoms with Crippen molar-refractivity contribution in [2.45, 2.75) is 20.8 Å². The summed E-state index contributed by atoms with van der Waals surface area (Å²) in [6, 6.07) is 13.4. The summed E-state index contributed by atoms with van der Waals surface area (Å²) in [5.41, 5.74) is 3.33. The standard InChI is InChI=1S/C20H20N2O2S/c1-4-22-19(24)17(12-15-10-13(2)18(23)14(3)11-15)25-20(22)21-16-8-6-5-7-9-16/h5-12,23H,4H2,1-3H3/b17-12-,21-20?. The van der Waals surface area contributed by atoms with Crippen LogP contribution in [-0.4, -0.2) is 27.6 Å². The van der Waals surface area contributed by atoms with Crippen molar-refractivity contribution in [2.24, 2.45) is 4.99 Å². The van der Waals surface area contributed by atoms with Crippen LogP contribution in [0.15, 0.2) is 52.4 Å². The average Bonchev–Trinajstić information content (AvgIpc) is 2.88. The van der Waals surface area contributed by atoms with Gasteiger partial charge >= 0.3 is 0 Å². The lowest BCUT2D eigenvalue weighted by atomic mass is 10.1. The van der Waals surface area contributed by atoms with E-state index in [-0.39, 0.29) is 5.91 Å². The number of hydrogen-bond acceptors (Lipinski definition) is 4. The third kappa shape index (κ3) is 3.61. The maximum absolute atomic E-state index is 12.7. The second-order valence-electron chi connectivity index (χ2n) is 5.89. The molecule has 1 N–H and O–H groups in total. The number of benzene rings is 2. The Morgan fingerprint density at radius 3 is 2.40 bits per heavy atom. The summed E-state index contributed by atoms with van der Waals surface area (Å²) in [5, 5.41) is 10.6. The maximum atomic E-state index is 12.7. The van der Waals surface area contributed by atoms with Crippen LogP contribution in [0, 0.1) is 13.8 Å². The molecule has 2 aromatic rings. The van der Waals surface area contributed by atoms with Gasteiger partial charge in [-0.3, -0.25) is 9.69 Å². The summed E-state index contributed by atoms with van der Waals surface area (Å²) in [5.74, 6) is 0.264. The third-order valence-corrected chi connectivity index (χ3v) is 5.00. The van der Waals surface area contributed by atoms with Crippen molar-refractivity contribution >= 4 is 34.6 Å². The number of aryl methyl sites for hydroxylation is 2. The van der Waals surface area contributed by atoms with Gasteiger partial charge in [0, 0.05) is 6.54 Å². The van der Waals surface area contributed by atoms with Gasteiger partial charge in [0.05, 0.1) is 10.6 Å². The van der Waals surface area contributed by atoms with E-state index in [0.717, 1.165) is 22.4 Å². The van der Waals surface area contributed by atoms with Gasteiger partial charge in [-0.15, -0.1) is 0 Å². The van der Waals surface area contributed by atoms with Crippen LogP contribution < -0.4 is 0 Å². The molecule has 1 heterocycles. The van der Waals surface area contributed by atoms with Gasteiger partial charge in [-0.25, -0.2) is 4.99 Å². The Morgan fingerprint density at radius 1 is 1.16 bits per heavy atom. The highest BCUT2D eigenvalue weighted by atomic mass is 32.2. The lowest BCUT2D eigenvalue weighted by molar-refractivity contribution is -0.122. The highest BCUT2D eigenvalue weighted by molar-refractivity contribution is 8.18. The van der Waals surface area contributed by atoms with E-state index in [1.165, 1.54) is 11.8 Å². The molecule has 3 rings (SSSR count). The minimum atomic E-state index is -0.0365. The first kappa shape index (κ1) is 17.3. The predicted octanol–water partition coefficient (Wildman–Crippen LogP) is 4.63. The molecule has 4 nitrogen and oxygen atoms in total. The molecule has 1 aliphatic heterocycles. The van der Waals surface area contributed by atoms with Gasteiger partial charge in [0.1, 0.15) is 5.75 Å². The normalized spacial score (nSPS) is 17.7. The minimum Gasteiger partial charge on any atom is -0.507 e. The van der Waals surface area contributed by atoms with Gasteiger partial charge in [0.2, 0.25) is 0 Å². The van der Waals surface area contributed by atoms with Crippen molar-refractivity contribution in [3.05, 3.63) is 64.1 Å². The van der Waals surface area contributed by atoms with Crippen molar-refractivity contribution in [3.63, 3.8) is 0 Å². The molecular formula is C20H20N2O2S. The zero-order valence-electron chi connectivity index (χ0n) is 14.5. The molecule has 25 heavy (non-hydrogen) atoms. The molecule has 1 amide bonds. The van der Waals surface area contributed by atoms with E-state index in [1.54, 1.807) is 4.90 Å². The first-order chi connectivity index (χ1) is 12.0. The Labute approximate surface area is 151 Å². The van der Waals surface area contributed by atoms with Gasteiger partial charge in [-0.2, -0.15) is 0 Å². The topological polar surface area (TPSA) is 52.9 Å². The summed E-state index contributed by atoms with van der Waals surface area (Å²) < 4.78 is 0. The monoisotopic (exact) mass is 352 g/mol. The lowest BCUT2D eigenvalue weighted by Gasteiger charge is -2.11. The number of amidine groups is 1. The molecule has 2 aromatic carbocycles. The largest absolute Gasteiger partial charge is 0.507 e. The first-order valence-electron chi connectivity index (χ1n) is 8.15. The molecule has 0 aromatic heterocycles. The van der Waals surface area contributed by atoms with E-state index < -0.39 is 0 Å². The molecule has 0 unspecified atom stereocenters. The van der Waals surface area contributed by atoms with Gasteiger partial charge in [0.15, 0.2) is 5.17 Å². The number of hydrogen-bond donors (Lipinski definition) is 1. The number of likely N-dealkylation sites (N-methyl/N-ethyl adjacent to an activating group) is 1. The number of rotatable bonds is 3. The molecule has 0 spiro atoms. The van der Waals surface area contributed by atoms with Crippen LogP contribution in [0.3, 0.4) is 0 Å². The quantitative estimate of drug-likeness (QED) is 0.819. The molecule has 0 aliphatic carbocycles. The highest BCUT2D eigenvalue weighted by Gasteiger charge is 2.32. The number of amides is 1. The Kier molecular flexibility index (Phi) is 4.95. The molecule has 0 saturated carbocycles. The minimum absolute atomic E-state index is 0.0365. The van der Waals surface area contributed by atoms with Crippen molar-refractivity contribution in [1.29, 1.82) is 0 Å². The molecule has 1 saturated heterocycles. The predicted molar refractivity (Wildman–Crippen MR) is 104 cm³/mol. The number of carbonyl (C=O) groups excluding carboxylic acids is 1. The van der Waals surface area contributed by atoms with Crippen LogP contribution in [-0.2, 0) is 4.79 Å². The van der Waals surface area contributed by atoms with Crippen LogP contribution in [0.25, 0.3) is 6.08 Å². The molecule has 1 fully saturated rings. The second kappa shape index (κ2) is 7.15. The van der Waals surface area contributed by atoms with Crippen LogP contribution in [0.2, 0.25) is 0 Å². The van der Waals surface area contributed by atoms with Crippen molar-refractivity contribution in [1.82, 2.24) is 4.90 Å². The van der Waals surface area contributed by atoms with Gasteiger partial charge in [-0.1, -0.05) is 18.2 Å². The number of para-hydroxylation sites is 1. The number of nitrogens with zero attached hydrogens (tertiary/aromatic N) is 2. The van der Waals surface area contributed by atoms with Crippen molar-refractivity contribution < 1.29 is 9.90 Å². The molecule has 0 bridgehead atoms. The van der Waals surface area contributed by atoms with Gasteiger partial charge in [-0.05, 0) is 79.6 Å². The van der Waals surface area contributed by atoms with Crippen molar-refractivity contribution in [3.8, 4) is 5.75 Å². The Hall–Kier alpha value is -2.53. The molecule has 5 heteroatoms. The Bertz CT molecular complexity index is 850. The maximum Gasteiger partial charge on any atom is 0.266 e. The van der Waals surface area contributed by atoms with Gasteiger partial charge in [0.25, 0.3) is 5.91 Å². The summed E-state index contributed by atoms with van der Waals surface area (Å²) >= 11 is 1.38. The van der Waals surface area contributed by atoms with E-state index in [2.05, 4.69) is 4.99 Å². The fraction of sp³-hybridized carbons (Fsp3) is 0.200. The average molecular weight is 352 g/mol. The molecule has 0 radical (unpaired) electrons. The van der Waals surface area contributed by atoms with Crippen molar-refractivity contribution in [2.75, 3.05) is 6.54 Å². The number of aromatic hydroxyl groups is 1. The number of phenols is 1. The van der Waals surface area contributed by atoms with Crippen LogP contribution in [0.1, 0.15) is 23.6 Å². The van der Waals surface area contributed by atoms with E-state index in [1.807, 2.05) is 69.3 Å². The summed E-state index contributed by atoms with van der Waals surface area (Å²) in [4.78, 5) is 19.6. The third-order valence-electron chi connectivity index (χ3n) is 4.00. The summed E-state index contributed by atoms with van der Waals surface area (Å²) in [6.45, 7) is 6.22. The number of carbonyl (C=O) groups is 1. The molecular weight excluding hydrogens is 332 g/mol. The van der Waals surface area contributed by atoms with E-state index in [0.29, 0.717) is 22.4 Å². The molecule has 128 valence electrons. The zero-order valence-corrected chi connectivity index (χ0v) is 15.3. The number of phenolic OH excluding ortho intramolecular Hbond substituents is 1. The SMILES string of the molecule is CCN1C(=O)/C(=C/c2cc(C)c(O)c(C)c2)SC1=Nc1ccccc1. The fourth-order valence-corrected chi connectivity index (χ4v) is 3.77. The smallest absolute Gasteiger partial charge is 0.266 e. The van der Waals surface area contributed by atoms with Crippen LogP contribution in [0.5, 0.6) is 5.75 Å². The zero-order chi connectivity index (χ0) is 18.0.